The van der Waals surface area contributed by atoms with Crippen LogP contribution >= 0.6 is 27.7 Å². The number of para-hydroxylation sites is 1. The Kier molecular flexibility index (Phi) is 5.52. The summed E-state index contributed by atoms with van der Waals surface area (Å²) in [5, 5.41) is 4.44. The lowest BCUT2D eigenvalue weighted by atomic mass is 10.1. The van der Waals surface area contributed by atoms with Crippen molar-refractivity contribution in [3.63, 3.8) is 0 Å². The van der Waals surface area contributed by atoms with Crippen LogP contribution in [-0.2, 0) is 5.75 Å². The second-order valence-electron chi connectivity index (χ2n) is 6.66. The summed E-state index contributed by atoms with van der Waals surface area (Å²) in [5.41, 5.74) is 2.01. The molecule has 0 aliphatic carbocycles. The van der Waals surface area contributed by atoms with Crippen LogP contribution < -0.4 is 14.8 Å². The van der Waals surface area contributed by atoms with E-state index in [4.69, 9.17) is 13.9 Å². The number of ether oxygens (including phenoxy) is 2. The number of furan rings is 1. The first-order chi connectivity index (χ1) is 15.2. The van der Waals surface area contributed by atoms with E-state index in [2.05, 4.69) is 31.2 Å². The van der Waals surface area contributed by atoms with Crippen molar-refractivity contribution in [3.8, 4) is 11.5 Å². The van der Waals surface area contributed by atoms with Crippen molar-refractivity contribution in [1.29, 1.82) is 0 Å². The predicted octanol–water partition coefficient (Wildman–Crippen LogP) is 5.30. The van der Waals surface area contributed by atoms with Crippen molar-refractivity contribution in [2.45, 2.75) is 10.9 Å². The molecule has 0 saturated carbocycles. The van der Waals surface area contributed by atoms with E-state index >= 15 is 0 Å². The maximum atomic E-state index is 13.2. The van der Waals surface area contributed by atoms with E-state index in [0.717, 1.165) is 10.9 Å². The number of benzene rings is 2. The Bertz CT molecular complexity index is 1260. The number of nitrogens with zero attached hydrogens (tertiary/aromatic N) is 2. The highest BCUT2D eigenvalue weighted by molar-refractivity contribution is 9.10. The highest BCUT2D eigenvalue weighted by Crippen LogP contribution is 2.39. The average molecular weight is 498 g/mol. The Morgan fingerprint density at radius 3 is 2.61 bits per heavy atom. The molecule has 0 bridgehead atoms. The molecule has 1 amide bonds. The Hall–Kier alpha value is -3.04. The molecule has 2 aromatic carbocycles. The number of fused-ring (bicyclic) bond motifs is 2. The van der Waals surface area contributed by atoms with Crippen LogP contribution in [0.5, 0.6) is 11.5 Å². The Balaban J connectivity index is 1.46. The van der Waals surface area contributed by atoms with Crippen molar-refractivity contribution in [2.24, 2.45) is 0 Å². The van der Waals surface area contributed by atoms with Gasteiger partial charge in [0.15, 0.2) is 22.4 Å². The SMILES string of the molecule is O=C(Nc1cc2c(cc1Br)OCCO2)c1oc2ccccc2c1CSc1ncccn1. The number of amides is 1. The first-order valence-electron chi connectivity index (χ1n) is 9.50. The molecule has 9 heteroatoms. The topological polar surface area (TPSA) is 86.5 Å². The summed E-state index contributed by atoms with van der Waals surface area (Å²) in [5.74, 6) is 1.63. The molecule has 156 valence electrons. The zero-order valence-electron chi connectivity index (χ0n) is 16.1. The van der Waals surface area contributed by atoms with Gasteiger partial charge in [-0.25, -0.2) is 9.97 Å². The molecular formula is C22H16BrN3O4S. The summed E-state index contributed by atoms with van der Waals surface area (Å²) < 4.78 is 17.8. The Morgan fingerprint density at radius 2 is 1.81 bits per heavy atom. The van der Waals surface area contributed by atoms with Crippen LogP contribution in [-0.4, -0.2) is 29.1 Å². The standard InChI is InChI=1S/C22H16BrN3O4S/c23-15-10-18-19(29-9-8-28-18)11-16(15)26-21(27)20-14(12-31-22-24-6-3-7-25-22)13-4-1-2-5-17(13)30-20/h1-7,10-11H,8-9,12H2,(H,26,27). The van der Waals surface area contributed by atoms with Gasteiger partial charge in [-0.1, -0.05) is 30.0 Å². The molecule has 5 rings (SSSR count). The fraction of sp³-hybridized carbons (Fsp3) is 0.136. The van der Waals surface area contributed by atoms with E-state index in [0.29, 0.717) is 51.4 Å². The maximum absolute atomic E-state index is 13.2. The smallest absolute Gasteiger partial charge is 0.291 e. The fourth-order valence-electron chi connectivity index (χ4n) is 3.26. The van der Waals surface area contributed by atoms with Gasteiger partial charge >= 0.3 is 0 Å². The minimum Gasteiger partial charge on any atom is -0.486 e. The molecule has 2 aromatic heterocycles. The molecule has 1 aliphatic rings. The molecule has 31 heavy (non-hydrogen) atoms. The molecule has 0 saturated heterocycles. The predicted molar refractivity (Wildman–Crippen MR) is 121 cm³/mol. The number of carbonyl (C=O) groups is 1. The number of halogens is 1. The highest BCUT2D eigenvalue weighted by atomic mass is 79.9. The third-order valence-electron chi connectivity index (χ3n) is 4.67. The lowest BCUT2D eigenvalue weighted by Crippen LogP contribution is -2.17. The van der Waals surface area contributed by atoms with Gasteiger partial charge in [-0.05, 0) is 28.1 Å². The normalized spacial score (nSPS) is 12.7. The molecule has 1 N–H and O–H groups in total. The summed E-state index contributed by atoms with van der Waals surface area (Å²) in [6.45, 7) is 0.963. The van der Waals surface area contributed by atoms with Gasteiger partial charge in [0.25, 0.3) is 5.91 Å². The molecule has 0 atom stereocenters. The average Bonchev–Trinajstić information content (AvgIpc) is 3.17. The van der Waals surface area contributed by atoms with Crippen LogP contribution in [0.4, 0.5) is 5.69 Å². The molecule has 0 spiro atoms. The molecule has 3 heterocycles. The Labute approximate surface area is 190 Å². The third kappa shape index (κ3) is 4.11. The van der Waals surface area contributed by atoms with Crippen LogP contribution in [0.3, 0.4) is 0 Å². The van der Waals surface area contributed by atoms with E-state index in [1.807, 2.05) is 24.3 Å². The van der Waals surface area contributed by atoms with Gasteiger partial charge in [-0.15, -0.1) is 0 Å². The van der Waals surface area contributed by atoms with Gasteiger partial charge in [-0.3, -0.25) is 4.79 Å². The van der Waals surface area contributed by atoms with Gasteiger partial charge in [0.2, 0.25) is 0 Å². The van der Waals surface area contributed by atoms with Crippen molar-refractivity contribution in [3.05, 3.63) is 70.7 Å². The van der Waals surface area contributed by atoms with E-state index in [9.17, 15) is 4.79 Å². The number of nitrogens with one attached hydrogen (secondary N) is 1. The number of anilines is 1. The van der Waals surface area contributed by atoms with Crippen LogP contribution in [0, 0.1) is 0 Å². The van der Waals surface area contributed by atoms with Crippen molar-refractivity contribution < 1.29 is 18.7 Å². The van der Waals surface area contributed by atoms with Crippen LogP contribution in [0.1, 0.15) is 16.1 Å². The van der Waals surface area contributed by atoms with Crippen LogP contribution in [0.25, 0.3) is 11.0 Å². The molecule has 0 radical (unpaired) electrons. The first-order valence-corrected chi connectivity index (χ1v) is 11.3. The summed E-state index contributed by atoms with van der Waals surface area (Å²) in [4.78, 5) is 21.7. The second kappa shape index (κ2) is 8.60. The third-order valence-corrected chi connectivity index (χ3v) is 6.23. The number of rotatable bonds is 5. The van der Waals surface area contributed by atoms with E-state index < -0.39 is 0 Å². The minimum atomic E-state index is -0.349. The van der Waals surface area contributed by atoms with Gasteiger partial charge in [0.05, 0.1) is 5.69 Å². The van der Waals surface area contributed by atoms with Crippen molar-refractivity contribution in [1.82, 2.24) is 9.97 Å². The fourth-order valence-corrected chi connectivity index (χ4v) is 4.51. The second-order valence-corrected chi connectivity index (χ2v) is 8.45. The van der Waals surface area contributed by atoms with E-state index in [1.165, 1.54) is 11.8 Å². The molecule has 7 nitrogen and oxygen atoms in total. The minimum absolute atomic E-state index is 0.256. The first kappa shape index (κ1) is 19.9. The molecule has 0 unspecified atom stereocenters. The zero-order valence-corrected chi connectivity index (χ0v) is 18.5. The van der Waals surface area contributed by atoms with Gasteiger partial charge < -0.3 is 19.2 Å². The summed E-state index contributed by atoms with van der Waals surface area (Å²) >= 11 is 4.93. The monoisotopic (exact) mass is 497 g/mol. The highest BCUT2D eigenvalue weighted by Gasteiger charge is 2.23. The van der Waals surface area contributed by atoms with Crippen molar-refractivity contribution >= 4 is 50.3 Å². The molecular weight excluding hydrogens is 482 g/mol. The number of carbonyl (C=O) groups excluding carboxylic acids is 1. The molecule has 4 aromatic rings. The molecule has 0 fully saturated rings. The van der Waals surface area contributed by atoms with Gasteiger partial charge in [0.1, 0.15) is 18.8 Å². The van der Waals surface area contributed by atoms with Gasteiger partial charge in [-0.2, -0.15) is 0 Å². The number of thioether (sulfide) groups is 1. The summed E-state index contributed by atoms with van der Waals surface area (Å²) in [6.07, 6.45) is 3.38. The number of hydrogen-bond acceptors (Lipinski definition) is 7. The lowest BCUT2D eigenvalue weighted by Gasteiger charge is -2.20. The van der Waals surface area contributed by atoms with Gasteiger partial charge in [0, 0.05) is 45.7 Å². The van der Waals surface area contributed by atoms with Crippen molar-refractivity contribution in [2.75, 3.05) is 18.5 Å². The van der Waals surface area contributed by atoms with Crippen LogP contribution in [0.2, 0.25) is 0 Å². The zero-order chi connectivity index (χ0) is 21.2. The molecule has 1 aliphatic heterocycles. The largest absolute Gasteiger partial charge is 0.486 e. The van der Waals surface area contributed by atoms with E-state index in [-0.39, 0.29) is 11.7 Å². The quantitative estimate of drug-likeness (QED) is 0.295. The maximum Gasteiger partial charge on any atom is 0.291 e. The van der Waals surface area contributed by atoms with Crippen LogP contribution in [0.15, 0.2) is 68.9 Å². The number of aromatic nitrogens is 2. The lowest BCUT2D eigenvalue weighted by molar-refractivity contribution is 0.0997. The number of hydrogen-bond donors (Lipinski definition) is 1. The Morgan fingerprint density at radius 1 is 1.06 bits per heavy atom. The van der Waals surface area contributed by atoms with E-state index in [1.54, 1.807) is 30.6 Å². The summed E-state index contributed by atoms with van der Waals surface area (Å²) in [6, 6.07) is 12.9. The summed E-state index contributed by atoms with van der Waals surface area (Å²) in [7, 11) is 0.